The van der Waals surface area contributed by atoms with E-state index in [1.54, 1.807) is 0 Å². The zero-order valence-corrected chi connectivity index (χ0v) is 5.46. The summed E-state index contributed by atoms with van der Waals surface area (Å²) in [7, 11) is -2.67. The Kier molecular flexibility index (Phi) is 24.8. The molecule has 0 heterocycles. The zero-order chi connectivity index (χ0) is 3.58. The first-order valence-corrected chi connectivity index (χ1v) is 0.730. The van der Waals surface area contributed by atoms with Gasteiger partial charge in [-0.05, 0) is 0 Å². The first kappa shape index (κ1) is 15.7. The second-order valence-corrected chi connectivity index (χ2v) is 0.307. The summed E-state index contributed by atoms with van der Waals surface area (Å²) < 4.78 is 0. The Balaban J connectivity index is -0.0000000450. The largest absolute Gasteiger partial charge is 2.00 e. The molecule has 0 aromatic rings. The monoisotopic (exact) mass is 117 g/mol. The van der Waals surface area contributed by atoms with Crippen molar-refractivity contribution in [1.29, 1.82) is 0 Å². The topological polar surface area (TPSA) is 101 Å². The van der Waals surface area contributed by atoms with Gasteiger partial charge < -0.3 is 21.2 Å². The van der Waals surface area contributed by atoms with Crippen LogP contribution < -0.4 is 16.2 Å². The van der Waals surface area contributed by atoms with Crippen molar-refractivity contribution in [3.8, 4) is 0 Å². The van der Waals surface area contributed by atoms with Crippen LogP contribution in [0.3, 0.4) is 0 Å². The standard InChI is InChI=1S/BHO3.Ca.H3N/c2-1(3)4;;/h2H;;1H3/q-2;+2;. The fraction of sp³-hybridized carbons (Fsp3) is 0. The maximum atomic E-state index is 8.53. The van der Waals surface area contributed by atoms with E-state index < -0.39 is 7.32 Å². The normalized spacial score (nSPS) is 4.50. The average Bonchev–Trinajstić information content (AvgIpc) is 0.811. The molecule has 0 rings (SSSR count). The fourth-order valence-corrected chi connectivity index (χ4v) is 0. The Morgan fingerprint density at radius 3 is 1.33 bits per heavy atom. The predicted molar refractivity (Wildman–Crippen MR) is 18.7 cm³/mol. The molecular formula is H4BCaNO3. The average molecular weight is 117 g/mol. The van der Waals surface area contributed by atoms with E-state index in [0.717, 1.165) is 0 Å². The Morgan fingerprint density at radius 1 is 1.33 bits per heavy atom. The molecule has 0 saturated heterocycles. The van der Waals surface area contributed by atoms with Gasteiger partial charge in [0.05, 0.1) is 7.32 Å². The van der Waals surface area contributed by atoms with Gasteiger partial charge in [0.1, 0.15) is 0 Å². The number of hydrogen-bond donors (Lipinski definition) is 2. The van der Waals surface area contributed by atoms with Crippen molar-refractivity contribution in [3.05, 3.63) is 0 Å². The molecule has 0 aliphatic heterocycles. The summed E-state index contributed by atoms with van der Waals surface area (Å²) in [5.41, 5.74) is 0. The van der Waals surface area contributed by atoms with Crippen LogP contribution in [0.4, 0.5) is 0 Å². The minimum absolute atomic E-state index is 0. The van der Waals surface area contributed by atoms with E-state index in [9.17, 15) is 0 Å². The molecule has 0 aromatic heterocycles. The molecule has 0 saturated carbocycles. The van der Waals surface area contributed by atoms with Crippen molar-refractivity contribution in [1.82, 2.24) is 6.15 Å². The third-order valence-corrected chi connectivity index (χ3v) is 0. The third-order valence-electron chi connectivity index (χ3n) is 0. The molecule has 6 heavy (non-hydrogen) atoms. The maximum Gasteiger partial charge on any atom is 2.00 e. The van der Waals surface area contributed by atoms with Crippen LogP contribution in [0.15, 0.2) is 0 Å². The van der Waals surface area contributed by atoms with Crippen molar-refractivity contribution in [3.63, 3.8) is 0 Å². The molecule has 0 aliphatic carbocycles. The minimum Gasteiger partial charge on any atom is -0.871 e. The van der Waals surface area contributed by atoms with Crippen LogP contribution in [0.5, 0.6) is 0 Å². The molecule has 0 spiro atoms. The van der Waals surface area contributed by atoms with Crippen LogP contribution >= 0.6 is 0 Å². The summed E-state index contributed by atoms with van der Waals surface area (Å²) in [6, 6.07) is 0. The van der Waals surface area contributed by atoms with E-state index >= 15 is 0 Å². The van der Waals surface area contributed by atoms with Gasteiger partial charge in [-0.1, -0.05) is 0 Å². The van der Waals surface area contributed by atoms with Gasteiger partial charge >= 0.3 is 37.7 Å². The van der Waals surface area contributed by atoms with Crippen LogP contribution in [0, 0.1) is 0 Å². The maximum absolute atomic E-state index is 8.53. The SMILES string of the molecule is N.[Ca+2].[O-]B([O-])O. The van der Waals surface area contributed by atoms with Gasteiger partial charge in [0, 0.05) is 0 Å². The van der Waals surface area contributed by atoms with E-state index in [-0.39, 0.29) is 43.9 Å². The molecule has 0 aromatic carbocycles. The van der Waals surface area contributed by atoms with Gasteiger partial charge in [-0.2, -0.15) is 0 Å². The summed E-state index contributed by atoms with van der Waals surface area (Å²) in [6.45, 7) is 0. The molecule has 0 amide bonds. The summed E-state index contributed by atoms with van der Waals surface area (Å²) in [6.07, 6.45) is 0. The van der Waals surface area contributed by atoms with E-state index in [4.69, 9.17) is 15.1 Å². The smallest absolute Gasteiger partial charge is 0.871 e. The van der Waals surface area contributed by atoms with Crippen LogP contribution in [0.2, 0.25) is 0 Å². The Morgan fingerprint density at radius 2 is 1.33 bits per heavy atom. The quantitative estimate of drug-likeness (QED) is 0.321. The molecule has 4 nitrogen and oxygen atoms in total. The summed E-state index contributed by atoms with van der Waals surface area (Å²) in [4.78, 5) is 0. The number of rotatable bonds is 0. The first-order chi connectivity index (χ1) is 1.73. The molecule has 0 unspecified atom stereocenters. The zero-order valence-electron chi connectivity index (χ0n) is 3.26. The summed E-state index contributed by atoms with van der Waals surface area (Å²) in [5, 5.41) is 24.0. The van der Waals surface area contributed by atoms with Crippen LogP contribution in [0.25, 0.3) is 0 Å². The molecule has 0 bridgehead atoms. The van der Waals surface area contributed by atoms with E-state index in [2.05, 4.69) is 0 Å². The Hall–Kier alpha value is 1.16. The van der Waals surface area contributed by atoms with E-state index in [1.807, 2.05) is 0 Å². The Bertz CT molecular complexity index is 15.5. The van der Waals surface area contributed by atoms with Gasteiger partial charge in [-0.3, -0.25) is 0 Å². The fourth-order valence-electron chi connectivity index (χ4n) is 0. The minimum atomic E-state index is -2.67. The van der Waals surface area contributed by atoms with Gasteiger partial charge in [-0.15, -0.1) is 0 Å². The van der Waals surface area contributed by atoms with E-state index in [0.29, 0.717) is 0 Å². The van der Waals surface area contributed by atoms with Crippen molar-refractivity contribution in [2.24, 2.45) is 0 Å². The molecule has 0 aliphatic rings. The molecular weight excluding hydrogens is 113 g/mol. The van der Waals surface area contributed by atoms with Crippen LogP contribution in [0.1, 0.15) is 0 Å². The molecule has 32 valence electrons. The third kappa shape index (κ3) is 66.0. The molecule has 4 N–H and O–H groups in total. The molecule has 0 radical (unpaired) electrons. The molecule has 0 fully saturated rings. The van der Waals surface area contributed by atoms with Gasteiger partial charge in [-0.25, -0.2) is 0 Å². The molecule has 0 atom stereocenters. The van der Waals surface area contributed by atoms with Gasteiger partial charge in [0.15, 0.2) is 0 Å². The van der Waals surface area contributed by atoms with Crippen molar-refractivity contribution >= 4 is 45.1 Å². The van der Waals surface area contributed by atoms with Crippen LogP contribution in [-0.4, -0.2) is 50.1 Å². The van der Waals surface area contributed by atoms with Crippen LogP contribution in [-0.2, 0) is 0 Å². The van der Waals surface area contributed by atoms with Gasteiger partial charge in [0.25, 0.3) is 0 Å². The predicted octanol–water partition coefficient (Wildman–Crippen LogP) is -3.53. The first-order valence-electron chi connectivity index (χ1n) is 0.730. The summed E-state index contributed by atoms with van der Waals surface area (Å²) >= 11 is 0. The second kappa shape index (κ2) is 9.48. The van der Waals surface area contributed by atoms with Crippen molar-refractivity contribution < 1.29 is 15.1 Å². The van der Waals surface area contributed by atoms with Crippen molar-refractivity contribution in [2.45, 2.75) is 0 Å². The summed E-state index contributed by atoms with van der Waals surface area (Å²) in [5.74, 6) is 0. The second-order valence-electron chi connectivity index (χ2n) is 0.307. The van der Waals surface area contributed by atoms with Crippen molar-refractivity contribution in [2.75, 3.05) is 0 Å². The van der Waals surface area contributed by atoms with Gasteiger partial charge in [0.2, 0.25) is 0 Å². The Labute approximate surface area is 65.9 Å². The number of hydrogen-bond acceptors (Lipinski definition) is 4. The van der Waals surface area contributed by atoms with E-state index in [1.165, 1.54) is 0 Å². The molecule has 6 heteroatoms.